The normalized spacial score (nSPS) is 31.1. The van der Waals surface area contributed by atoms with Crippen LogP contribution in [0.1, 0.15) is 12.0 Å². The predicted molar refractivity (Wildman–Crippen MR) is 67.1 cm³/mol. The molecule has 4 heteroatoms. The van der Waals surface area contributed by atoms with Crippen LogP contribution in [0.2, 0.25) is 0 Å². The molecule has 2 aliphatic rings. The second kappa shape index (κ2) is 4.67. The summed E-state index contributed by atoms with van der Waals surface area (Å²) in [6.07, 6.45) is 1.19. The molecule has 1 N–H and O–H groups in total. The molecule has 1 aliphatic heterocycles. The van der Waals surface area contributed by atoms with E-state index in [1.165, 1.54) is 12.5 Å². The van der Waals surface area contributed by atoms with Crippen LogP contribution in [0.25, 0.3) is 0 Å². The van der Waals surface area contributed by atoms with Crippen molar-refractivity contribution in [3.63, 3.8) is 0 Å². The lowest BCUT2D eigenvalue weighted by atomic mass is 9.71. The summed E-state index contributed by atoms with van der Waals surface area (Å²) in [6, 6.07) is 5.35. The Bertz CT molecular complexity index is 426. The highest BCUT2D eigenvalue weighted by atomic mass is 79.9. The second-order valence-corrected chi connectivity index (χ2v) is 5.77. The molecule has 0 amide bonds. The summed E-state index contributed by atoms with van der Waals surface area (Å²) in [5.41, 5.74) is 0.979. The molecule has 1 saturated carbocycles. The molecule has 1 heterocycles. The summed E-state index contributed by atoms with van der Waals surface area (Å²) < 4.78 is 19.5. The van der Waals surface area contributed by atoms with Crippen LogP contribution in [0.15, 0.2) is 22.7 Å². The van der Waals surface area contributed by atoms with Crippen LogP contribution in [-0.2, 0) is 11.3 Å². The van der Waals surface area contributed by atoms with Gasteiger partial charge < -0.3 is 10.1 Å². The van der Waals surface area contributed by atoms with Crippen LogP contribution >= 0.6 is 15.9 Å². The molecule has 2 fully saturated rings. The average molecular weight is 300 g/mol. The van der Waals surface area contributed by atoms with E-state index in [1.54, 1.807) is 12.1 Å². The first-order chi connectivity index (χ1) is 8.24. The molecule has 1 saturated heterocycles. The predicted octanol–water partition coefficient (Wildman–Crippen LogP) is 2.71. The van der Waals surface area contributed by atoms with Crippen LogP contribution < -0.4 is 5.32 Å². The quantitative estimate of drug-likeness (QED) is 0.927. The molecule has 2 nitrogen and oxygen atoms in total. The fourth-order valence-electron chi connectivity index (χ4n) is 2.76. The van der Waals surface area contributed by atoms with Crippen molar-refractivity contribution < 1.29 is 9.13 Å². The molecule has 0 bridgehead atoms. The van der Waals surface area contributed by atoms with Crippen LogP contribution in [0.3, 0.4) is 0 Å². The van der Waals surface area contributed by atoms with Gasteiger partial charge in [-0.3, -0.25) is 0 Å². The lowest BCUT2D eigenvalue weighted by molar-refractivity contribution is 0.153. The Morgan fingerprint density at radius 2 is 2.29 bits per heavy atom. The molecule has 17 heavy (non-hydrogen) atoms. The first-order valence-electron chi connectivity index (χ1n) is 5.99. The molecule has 1 aromatic rings. The van der Waals surface area contributed by atoms with Crippen molar-refractivity contribution >= 4 is 15.9 Å². The molecule has 3 atom stereocenters. The third-order valence-corrected chi connectivity index (χ3v) is 4.66. The molecule has 3 rings (SSSR count). The van der Waals surface area contributed by atoms with Gasteiger partial charge in [-0.25, -0.2) is 4.39 Å². The van der Waals surface area contributed by atoms with Gasteiger partial charge in [0.05, 0.1) is 6.61 Å². The van der Waals surface area contributed by atoms with Gasteiger partial charge in [0.15, 0.2) is 0 Å². The zero-order valence-electron chi connectivity index (χ0n) is 9.46. The number of hydrogen-bond donors (Lipinski definition) is 1. The monoisotopic (exact) mass is 299 g/mol. The molecule has 1 aliphatic carbocycles. The minimum absolute atomic E-state index is 0.180. The number of benzene rings is 1. The van der Waals surface area contributed by atoms with Crippen LogP contribution in [0.4, 0.5) is 4.39 Å². The maximum absolute atomic E-state index is 13.1. The highest BCUT2D eigenvalue weighted by Crippen LogP contribution is 2.39. The Morgan fingerprint density at radius 1 is 1.41 bits per heavy atom. The van der Waals surface area contributed by atoms with E-state index in [-0.39, 0.29) is 5.82 Å². The summed E-state index contributed by atoms with van der Waals surface area (Å²) in [5.74, 6) is 1.24. The number of fused-ring (bicyclic) bond motifs is 1. The zero-order valence-corrected chi connectivity index (χ0v) is 11.0. The molecule has 0 radical (unpaired) electrons. The van der Waals surface area contributed by atoms with Crippen molar-refractivity contribution in [2.24, 2.45) is 11.8 Å². The smallest absolute Gasteiger partial charge is 0.123 e. The Kier molecular flexibility index (Phi) is 3.19. The van der Waals surface area contributed by atoms with E-state index in [0.29, 0.717) is 18.5 Å². The lowest BCUT2D eigenvalue weighted by Crippen LogP contribution is -2.49. The van der Waals surface area contributed by atoms with Gasteiger partial charge in [0.25, 0.3) is 0 Å². The third kappa shape index (κ3) is 2.26. The van der Waals surface area contributed by atoms with Gasteiger partial charge in [0.1, 0.15) is 5.82 Å². The van der Waals surface area contributed by atoms with E-state index in [2.05, 4.69) is 21.2 Å². The minimum atomic E-state index is -0.180. The summed E-state index contributed by atoms with van der Waals surface area (Å²) in [4.78, 5) is 0. The number of rotatable bonds is 3. The van der Waals surface area contributed by atoms with Crippen molar-refractivity contribution in [2.75, 3.05) is 13.2 Å². The Labute approximate surface area is 109 Å². The molecular weight excluding hydrogens is 285 g/mol. The van der Waals surface area contributed by atoms with Crippen LogP contribution in [-0.4, -0.2) is 19.3 Å². The SMILES string of the molecule is Fc1ccc(Br)c(CNC2C[C@@H]3COC[C@H]23)c1. The van der Waals surface area contributed by atoms with E-state index >= 15 is 0 Å². The van der Waals surface area contributed by atoms with Gasteiger partial charge >= 0.3 is 0 Å². The molecule has 1 unspecified atom stereocenters. The first kappa shape index (κ1) is 11.6. The standard InChI is InChI=1S/C13H15BrFNO/c14-12-2-1-10(15)3-8(12)5-16-13-4-9-6-17-7-11(9)13/h1-3,9,11,13,16H,4-7H2/t9-,11+,13?/m1/s1. The number of halogens is 2. The number of ether oxygens (including phenoxy) is 1. The topological polar surface area (TPSA) is 21.3 Å². The zero-order chi connectivity index (χ0) is 11.8. The average Bonchev–Trinajstić information content (AvgIpc) is 2.65. The maximum atomic E-state index is 13.1. The van der Waals surface area contributed by atoms with Crippen molar-refractivity contribution in [3.8, 4) is 0 Å². The Morgan fingerprint density at radius 3 is 3.12 bits per heavy atom. The molecule has 0 spiro atoms. The fraction of sp³-hybridized carbons (Fsp3) is 0.538. The van der Waals surface area contributed by atoms with Crippen molar-refractivity contribution in [3.05, 3.63) is 34.1 Å². The summed E-state index contributed by atoms with van der Waals surface area (Å²) >= 11 is 3.45. The van der Waals surface area contributed by atoms with Gasteiger partial charge in [-0.05, 0) is 36.1 Å². The Balaban J connectivity index is 1.59. The largest absolute Gasteiger partial charge is 0.381 e. The maximum Gasteiger partial charge on any atom is 0.123 e. The first-order valence-corrected chi connectivity index (χ1v) is 6.78. The summed E-state index contributed by atoms with van der Waals surface area (Å²) in [5, 5.41) is 3.50. The highest BCUT2D eigenvalue weighted by Gasteiger charge is 2.44. The molecule has 1 aromatic carbocycles. The lowest BCUT2D eigenvalue weighted by Gasteiger charge is -2.39. The van der Waals surface area contributed by atoms with E-state index in [1.807, 2.05) is 0 Å². The van der Waals surface area contributed by atoms with E-state index in [9.17, 15) is 4.39 Å². The van der Waals surface area contributed by atoms with Gasteiger partial charge in [-0.2, -0.15) is 0 Å². The molecule has 0 aromatic heterocycles. The van der Waals surface area contributed by atoms with E-state index < -0.39 is 0 Å². The van der Waals surface area contributed by atoms with Crippen molar-refractivity contribution in [1.29, 1.82) is 0 Å². The van der Waals surface area contributed by atoms with Crippen LogP contribution in [0.5, 0.6) is 0 Å². The number of hydrogen-bond acceptors (Lipinski definition) is 2. The van der Waals surface area contributed by atoms with E-state index in [4.69, 9.17) is 4.74 Å². The third-order valence-electron chi connectivity index (χ3n) is 3.88. The highest BCUT2D eigenvalue weighted by molar-refractivity contribution is 9.10. The van der Waals surface area contributed by atoms with E-state index in [0.717, 1.165) is 29.2 Å². The molecular formula is C13H15BrFNO. The number of nitrogens with one attached hydrogen (secondary N) is 1. The fourth-order valence-corrected chi connectivity index (χ4v) is 3.15. The van der Waals surface area contributed by atoms with Crippen LogP contribution in [0, 0.1) is 17.7 Å². The second-order valence-electron chi connectivity index (χ2n) is 4.92. The Hall–Kier alpha value is -0.450. The van der Waals surface area contributed by atoms with Gasteiger partial charge in [-0.15, -0.1) is 0 Å². The molecule has 92 valence electrons. The van der Waals surface area contributed by atoms with Crippen molar-refractivity contribution in [2.45, 2.75) is 19.0 Å². The summed E-state index contributed by atoms with van der Waals surface area (Å²) in [6.45, 7) is 2.52. The minimum Gasteiger partial charge on any atom is -0.381 e. The van der Waals surface area contributed by atoms with Gasteiger partial charge in [0, 0.05) is 29.6 Å². The summed E-state index contributed by atoms with van der Waals surface area (Å²) in [7, 11) is 0. The van der Waals surface area contributed by atoms with Crippen molar-refractivity contribution in [1.82, 2.24) is 5.32 Å². The van der Waals surface area contributed by atoms with Gasteiger partial charge in [-0.1, -0.05) is 15.9 Å². The van der Waals surface area contributed by atoms with Gasteiger partial charge in [0.2, 0.25) is 0 Å².